The molecular weight excluding hydrogens is 290 g/mol. The van der Waals surface area contributed by atoms with E-state index in [1.807, 2.05) is 32.0 Å². The molecule has 0 aliphatic rings. The lowest BCUT2D eigenvalue weighted by Crippen LogP contribution is -2.38. The first kappa shape index (κ1) is 19.2. The number of rotatable bonds is 8. The summed E-state index contributed by atoms with van der Waals surface area (Å²) in [6, 6.07) is 5.75. The van der Waals surface area contributed by atoms with Gasteiger partial charge in [0.2, 0.25) is 0 Å². The number of nitrogens with zero attached hydrogens (tertiary/aromatic N) is 1. The second-order valence-electron chi connectivity index (χ2n) is 6.18. The average Bonchev–Trinajstić information content (AvgIpc) is 2.55. The van der Waals surface area contributed by atoms with Crippen molar-refractivity contribution in [2.24, 2.45) is 5.92 Å². The summed E-state index contributed by atoms with van der Waals surface area (Å²) < 4.78 is 4.78. The van der Waals surface area contributed by atoms with Crippen molar-refractivity contribution in [1.82, 2.24) is 4.90 Å². The summed E-state index contributed by atoms with van der Waals surface area (Å²) in [5.74, 6) is -0.615. The first-order chi connectivity index (χ1) is 10.9. The van der Waals surface area contributed by atoms with E-state index in [2.05, 4.69) is 6.92 Å². The van der Waals surface area contributed by atoms with Crippen LogP contribution < -0.4 is 0 Å². The predicted octanol–water partition coefficient (Wildman–Crippen LogP) is 3.74. The van der Waals surface area contributed by atoms with Gasteiger partial charge in [0.25, 0.3) is 5.91 Å². The van der Waals surface area contributed by atoms with Gasteiger partial charge in [0.05, 0.1) is 13.0 Å². The fraction of sp³-hybridized carbons (Fsp3) is 0.579. The highest BCUT2D eigenvalue weighted by Gasteiger charge is 2.22. The minimum atomic E-state index is -0.322. The van der Waals surface area contributed by atoms with Crippen LogP contribution in [0.15, 0.2) is 18.2 Å². The van der Waals surface area contributed by atoms with E-state index in [-0.39, 0.29) is 17.8 Å². The van der Waals surface area contributed by atoms with E-state index in [0.29, 0.717) is 18.7 Å². The third-order valence-corrected chi connectivity index (χ3v) is 4.17. The van der Waals surface area contributed by atoms with Crippen LogP contribution >= 0.6 is 0 Å². The topological polar surface area (TPSA) is 46.6 Å². The number of esters is 1. The van der Waals surface area contributed by atoms with Crippen molar-refractivity contribution >= 4 is 11.9 Å². The van der Waals surface area contributed by atoms with E-state index < -0.39 is 0 Å². The van der Waals surface area contributed by atoms with Crippen molar-refractivity contribution in [3.63, 3.8) is 0 Å². The van der Waals surface area contributed by atoms with Crippen molar-refractivity contribution in [2.45, 2.75) is 47.0 Å². The largest absolute Gasteiger partial charge is 0.469 e. The molecule has 0 saturated heterocycles. The standard InChI is InChI=1S/C19H29NO3/c1-6-7-8-11-20(13-16(4)19(22)23-5)18(21)17-10-9-14(2)15(3)12-17/h9-10,12,16H,6-8,11,13H2,1-5H3. The molecule has 0 saturated carbocycles. The Hall–Kier alpha value is -1.84. The molecule has 1 atom stereocenters. The second kappa shape index (κ2) is 9.33. The summed E-state index contributed by atoms with van der Waals surface area (Å²) in [5.41, 5.74) is 2.95. The monoisotopic (exact) mass is 319 g/mol. The van der Waals surface area contributed by atoms with Crippen molar-refractivity contribution in [3.05, 3.63) is 34.9 Å². The summed E-state index contributed by atoms with van der Waals surface area (Å²) in [5, 5.41) is 0. The molecule has 1 unspecified atom stereocenters. The Bertz CT molecular complexity index is 539. The molecular formula is C19H29NO3. The highest BCUT2D eigenvalue weighted by molar-refractivity contribution is 5.94. The van der Waals surface area contributed by atoms with Gasteiger partial charge in [-0.2, -0.15) is 0 Å². The zero-order chi connectivity index (χ0) is 17.4. The molecule has 128 valence electrons. The zero-order valence-electron chi connectivity index (χ0n) is 15.0. The van der Waals surface area contributed by atoms with Gasteiger partial charge in [-0.25, -0.2) is 0 Å². The van der Waals surface area contributed by atoms with Gasteiger partial charge in [-0.15, -0.1) is 0 Å². The molecule has 0 N–H and O–H groups in total. The third kappa shape index (κ3) is 5.70. The molecule has 0 spiro atoms. The Morgan fingerprint density at radius 2 is 1.87 bits per heavy atom. The van der Waals surface area contributed by atoms with Crippen molar-refractivity contribution in [3.8, 4) is 0 Å². The molecule has 0 bridgehead atoms. The van der Waals surface area contributed by atoms with Crippen LogP contribution in [0.25, 0.3) is 0 Å². The van der Waals surface area contributed by atoms with Crippen LogP contribution in [0.2, 0.25) is 0 Å². The van der Waals surface area contributed by atoms with Crippen LogP contribution in [0.5, 0.6) is 0 Å². The number of aryl methyl sites for hydroxylation is 2. The van der Waals surface area contributed by atoms with Crippen LogP contribution in [-0.4, -0.2) is 37.0 Å². The molecule has 1 aromatic rings. The van der Waals surface area contributed by atoms with Gasteiger partial charge in [0, 0.05) is 18.7 Å². The molecule has 23 heavy (non-hydrogen) atoms. The van der Waals surface area contributed by atoms with E-state index in [4.69, 9.17) is 4.74 Å². The Balaban J connectivity index is 2.90. The molecule has 4 nitrogen and oxygen atoms in total. The fourth-order valence-corrected chi connectivity index (χ4v) is 2.49. The molecule has 1 rings (SSSR count). The number of carbonyl (C=O) groups excluding carboxylic acids is 2. The molecule has 0 aromatic heterocycles. The smallest absolute Gasteiger partial charge is 0.310 e. The average molecular weight is 319 g/mol. The number of unbranched alkanes of at least 4 members (excludes halogenated alkanes) is 2. The molecule has 0 aliphatic carbocycles. The highest BCUT2D eigenvalue weighted by atomic mass is 16.5. The second-order valence-corrected chi connectivity index (χ2v) is 6.18. The van der Waals surface area contributed by atoms with E-state index in [0.717, 1.165) is 24.8 Å². The summed E-state index contributed by atoms with van der Waals surface area (Å²) >= 11 is 0. The van der Waals surface area contributed by atoms with Crippen molar-refractivity contribution in [2.75, 3.05) is 20.2 Å². The number of carbonyl (C=O) groups is 2. The number of ether oxygens (including phenoxy) is 1. The van der Waals surface area contributed by atoms with Gasteiger partial charge >= 0.3 is 5.97 Å². The zero-order valence-corrected chi connectivity index (χ0v) is 15.0. The molecule has 0 heterocycles. The molecule has 1 aromatic carbocycles. The van der Waals surface area contributed by atoms with Crippen LogP contribution in [0.1, 0.15) is 54.6 Å². The maximum atomic E-state index is 12.8. The van der Waals surface area contributed by atoms with E-state index in [1.54, 1.807) is 11.8 Å². The van der Waals surface area contributed by atoms with Crippen LogP contribution in [-0.2, 0) is 9.53 Å². The predicted molar refractivity (Wildman–Crippen MR) is 92.5 cm³/mol. The lowest BCUT2D eigenvalue weighted by Gasteiger charge is -2.25. The van der Waals surface area contributed by atoms with Crippen LogP contribution in [0, 0.1) is 19.8 Å². The van der Waals surface area contributed by atoms with Crippen LogP contribution in [0.4, 0.5) is 0 Å². The molecule has 0 aliphatic heterocycles. The summed E-state index contributed by atoms with van der Waals surface area (Å²) in [4.78, 5) is 26.3. The molecule has 0 fully saturated rings. The van der Waals surface area contributed by atoms with Gasteiger partial charge in [0.1, 0.15) is 0 Å². The van der Waals surface area contributed by atoms with Crippen molar-refractivity contribution < 1.29 is 14.3 Å². The number of hydrogen-bond donors (Lipinski definition) is 0. The van der Waals surface area contributed by atoms with E-state index in [9.17, 15) is 9.59 Å². The van der Waals surface area contributed by atoms with Gasteiger partial charge in [-0.3, -0.25) is 9.59 Å². The lowest BCUT2D eigenvalue weighted by molar-refractivity contribution is -0.145. The Labute approximate surface area is 139 Å². The summed E-state index contributed by atoms with van der Waals surface area (Å²) in [7, 11) is 1.38. The number of methoxy groups -OCH3 is 1. The lowest BCUT2D eigenvalue weighted by atomic mass is 10.0. The molecule has 0 radical (unpaired) electrons. The summed E-state index contributed by atoms with van der Waals surface area (Å²) in [6.07, 6.45) is 3.11. The first-order valence-corrected chi connectivity index (χ1v) is 8.35. The SMILES string of the molecule is CCCCCN(CC(C)C(=O)OC)C(=O)c1ccc(C)c(C)c1. The number of benzene rings is 1. The maximum Gasteiger partial charge on any atom is 0.310 e. The first-order valence-electron chi connectivity index (χ1n) is 8.35. The van der Waals surface area contributed by atoms with Gasteiger partial charge in [-0.1, -0.05) is 32.8 Å². The Morgan fingerprint density at radius 1 is 1.17 bits per heavy atom. The van der Waals surface area contributed by atoms with Gasteiger partial charge < -0.3 is 9.64 Å². The highest BCUT2D eigenvalue weighted by Crippen LogP contribution is 2.14. The van der Waals surface area contributed by atoms with E-state index >= 15 is 0 Å². The van der Waals surface area contributed by atoms with Gasteiger partial charge in [-0.05, 0) is 43.5 Å². The van der Waals surface area contributed by atoms with Crippen LogP contribution in [0.3, 0.4) is 0 Å². The quantitative estimate of drug-likeness (QED) is 0.541. The summed E-state index contributed by atoms with van der Waals surface area (Å²) in [6.45, 7) is 9.02. The normalized spacial score (nSPS) is 11.9. The Kier molecular flexibility index (Phi) is 7.79. The molecule has 4 heteroatoms. The minimum Gasteiger partial charge on any atom is -0.469 e. The van der Waals surface area contributed by atoms with Gasteiger partial charge in [0.15, 0.2) is 0 Å². The fourth-order valence-electron chi connectivity index (χ4n) is 2.49. The van der Waals surface area contributed by atoms with Crippen molar-refractivity contribution in [1.29, 1.82) is 0 Å². The third-order valence-electron chi connectivity index (χ3n) is 4.17. The van der Waals surface area contributed by atoms with E-state index in [1.165, 1.54) is 12.7 Å². The number of amides is 1. The number of hydrogen-bond acceptors (Lipinski definition) is 3. The minimum absolute atomic E-state index is 0.0139. The maximum absolute atomic E-state index is 12.8. The molecule has 1 amide bonds. The Morgan fingerprint density at radius 3 is 2.43 bits per heavy atom.